The third-order valence-electron chi connectivity index (χ3n) is 2.52. The molecule has 0 amide bonds. The fraction of sp³-hybridized carbons (Fsp3) is 0.600. The minimum atomic E-state index is -0.867. The average Bonchev–Trinajstić information content (AvgIpc) is 2.47. The van der Waals surface area contributed by atoms with Gasteiger partial charge >= 0.3 is 5.97 Å². The molecule has 0 spiro atoms. The standard InChI is InChI=1S/C10H15N3O2/c1-10(2)6-12(7-10)8-3-11-13(4-8)5-9(14)15/h3-4H,5-7H2,1-2H3,(H,14,15). The zero-order valence-electron chi connectivity index (χ0n) is 8.97. The van der Waals surface area contributed by atoms with Gasteiger partial charge in [-0.25, -0.2) is 0 Å². The summed E-state index contributed by atoms with van der Waals surface area (Å²) in [4.78, 5) is 12.7. The Hall–Kier alpha value is -1.52. The molecule has 15 heavy (non-hydrogen) atoms. The first-order valence-electron chi connectivity index (χ1n) is 4.95. The van der Waals surface area contributed by atoms with Crippen molar-refractivity contribution in [3.05, 3.63) is 12.4 Å². The highest BCUT2D eigenvalue weighted by atomic mass is 16.4. The van der Waals surface area contributed by atoms with E-state index in [-0.39, 0.29) is 6.54 Å². The summed E-state index contributed by atoms with van der Waals surface area (Å²) >= 11 is 0. The quantitative estimate of drug-likeness (QED) is 0.800. The normalized spacial score (nSPS) is 18.7. The fourth-order valence-electron chi connectivity index (χ4n) is 1.91. The second-order valence-corrected chi connectivity index (χ2v) is 4.81. The summed E-state index contributed by atoms with van der Waals surface area (Å²) in [6.45, 7) is 6.37. The molecule has 82 valence electrons. The van der Waals surface area contributed by atoms with E-state index in [1.54, 1.807) is 12.4 Å². The number of aliphatic carboxylic acids is 1. The highest BCUT2D eigenvalue weighted by molar-refractivity contribution is 5.66. The lowest BCUT2D eigenvalue weighted by Gasteiger charge is -2.46. The predicted molar refractivity (Wildman–Crippen MR) is 55.9 cm³/mol. The van der Waals surface area contributed by atoms with Gasteiger partial charge in [0, 0.05) is 19.3 Å². The molecule has 1 N–H and O–H groups in total. The largest absolute Gasteiger partial charge is 0.480 e. The fourth-order valence-corrected chi connectivity index (χ4v) is 1.91. The highest BCUT2D eigenvalue weighted by Gasteiger charge is 2.34. The monoisotopic (exact) mass is 209 g/mol. The van der Waals surface area contributed by atoms with E-state index in [1.165, 1.54) is 4.68 Å². The van der Waals surface area contributed by atoms with E-state index in [2.05, 4.69) is 23.8 Å². The maximum Gasteiger partial charge on any atom is 0.325 e. The van der Waals surface area contributed by atoms with Gasteiger partial charge in [0.2, 0.25) is 0 Å². The van der Waals surface area contributed by atoms with E-state index in [1.807, 2.05) is 0 Å². The van der Waals surface area contributed by atoms with Crippen LogP contribution in [0.1, 0.15) is 13.8 Å². The first-order chi connectivity index (χ1) is 6.96. The lowest BCUT2D eigenvalue weighted by atomic mass is 9.84. The van der Waals surface area contributed by atoms with Gasteiger partial charge in [-0.3, -0.25) is 9.48 Å². The second-order valence-electron chi connectivity index (χ2n) is 4.81. The van der Waals surface area contributed by atoms with Crippen molar-refractivity contribution in [3.63, 3.8) is 0 Å². The summed E-state index contributed by atoms with van der Waals surface area (Å²) in [6, 6.07) is 0. The first-order valence-corrected chi connectivity index (χ1v) is 4.95. The molecule has 0 atom stereocenters. The van der Waals surface area contributed by atoms with E-state index < -0.39 is 5.97 Å². The summed E-state index contributed by atoms with van der Waals surface area (Å²) in [6.07, 6.45) is 3.50. The zero-order valence-corrected chi connectivity index (χ0v) is 8.97. The third-order valence-corrected chi connectivity index (χ3v) is 2.52. The van der Waals surface area contributed by atoms with Crippen LogP contribution in [0.4, 0.5) is 5.69 Å². The summed E-state index contributed by atoms with van der Waals surface area (Å²) in [5.41, 5.74) is 1.38. The molecular weight excluding hydrogens is 194 g/mol. The minimum Gasteiger partial charge on any atom is -0.480 e. The van der Waals surface area contributed by atoms with Gasteiger partial charge in [-0.15, -0.1) is 0 Å². The molecule has 5 heteroatoms. The van der Waals surface area contributed by atoms with Crippen molar-refractivity contribution in [3.8, 4) is 0 Å². The summed E-state index contributed by atoms with van der Waals surface area (Å²) in [5, 5.41) is 12.6. The van der Waals surface area contributed by atoms with Crippen molar-refractivity contribution < 1.29 is 9.90 Å². The lowest BCUT2D eigenvalue weighted by molar-refractivity contribution is -0.137. The molecule has 0 radical (unpaired) electrons. The average molecular weight is 209 g/mol. The number of anilines is 1. The predicted octanol–water partition coefficient (Wildman–Crippen LogP) is 0.814. The van der Waals surface area contributed by atoms with Crippen molar-refractivity contribution in [1.82, 2.24) is 9.78 Å². The number of carbonyl (C=O) groups is 1. The molecule has 2 heterocycles. The van der Waals surface area contributed by atoms with Crippen LogP contribution in [0, 0.1) is 5.41 Å². The molecule has 0 saturated carbocycles. The first kappa shape index (κ1) is 10.0. The van der Waals surface area contributed by atoms with Crippen LogP contribution in [0.25, 0.3) is 0 Å². The zero-order chi connectivity index (χ0) is 11.1. The van der Waals surface area contributed by atoms with E-state index in [4.69, 9.17) is 5.11 Å². The molecule has 5 nitrogen and oxygen atoms in total. The van der Waals surface area contributed by atoms with Crippen LogP contribution in [0.2, 0.25) is 0 Å². The van der Waals surface area contributed by atoms with Crippen LogP contribution >= 0.6 is 0 Å². The number of hydrogen-bond acceptors (Lipinski definition) is 3. The molecule has 1 fully saturated rings. The molecule has 1 aromatic rings. The highest BCUT2D eigenvalue weighted by Crippen LogP contribution is 2.32. The van der Waals surface area contributed by atoms with Crippen LogP contribution in [-0.4, -0.2) is 33.9 Å². The molecule has 0 aromatic carbocycles. The maximum absolute atomic E-state index is 10.5. The Morgan fingerprint density at radius 3 is 2.80 bits per heavy atom. The second kappa shape index (κ2) is 3.25. The van der Waals surface area contributed by atoms with Gasteiger partial charge in [0.25, 0.3) is 0 Å². The molecule has 1 aromatic heterocycles. The van der Waals surface area contributed by atoms with Crippen molar-refractivity contribution in [2.45, 2.75) is 20.4 Å². The van der Waals surface area contributed by atoms with Crippen molar-refractivity contribution in [2.75, 3.05) is 18.0 Å². The molecule has 1 aliphatic heterocycles. The summed E-state index contributed by atoms with van der Waals surface area (Å²) in [5.74, 6) is -0.867. The third kappa shape index (κ3) is 2.11. The number of carboxylic acid groups (broad SMARTS) is 1. The van der Waals surface area contributed by atoms with Gasteiger partial charge in [0.15, 0.2) is 0 Å². The van der Waals surface area contributed by atoms with E-state index in [9.17, 15) is 4.79 Å². The number of nitrogens with zero attached hydrogens (tertiary/aromatic N) is 3. The number of carboxylic acids is 1. The van der Waals surface area contributed by atoms with Crippen LogP contribution < -0.4 is 4.90 Å². The van der Waals surface area contributed by atoms with Gasteiger partial charge in [0.1, 0.15) is 6.54 Å². The van der Waals surface area contributed by atoms with Crippen molar-refractivity contribution >= 4 is 11.7 Å². The maximum atomic E-state index is 10.5. The number of hydrogen-bond donors (Lipinski definition) is 1. The van der Waals surface area contributed by atoms with E-state index in [0.717, 1.165) is 18.8 Å². The summed E-state index contributed by atoms with van der Waals surface area (Å²) < 4.78 is 1.45. The Kier molecular flexibility index (Phi) is 2.17. The van der Waals surface area contributed by atoms with Gasteiger partial charge in [-0.1, -0.05) is 13.8 Å². The van der Waals surface area contributed by atoms with Crippen LogP contribution in [-0.2, 0) is 11.3 Å². The van der Waals surface area contributed by atoms with Crippen LogP contribution in [0.15, 0.2) is 12.4 Å². The Morgan fingerprint density at radius 2 is 2.27 bits per heavy atom. The van der Waals surface area contributed by atoms with Crippen LogP contribution in [0.3, 0.4) is 0 Å². The van der Waals surface area contributed by atoms with E-state index in [0.29, 0.717) is 5.41 Å². The SMILES string of the molecule is CC1(C)CN(c2cnn(CC(=O)O)c2)C1. The Balaban J connectivity index is 1.99. The van der Waals surface area contributed by atoms with Crippen molar-refractivity contribution in [1.29, 1.82) is 0 Å². The smallest absolute Gasteiger partial charge is 0.325 e. The van der Waals surface area contributed by atoms with Gasteiger partial charge < -0.3 is 10.0 Å². The Morgan fingerprint density at radius 1 is 1.60 bits per heavy atom. The Labute approximate surface area is 88.3 Å². The number of aromatic nitrogens is 2. The minimum absolute atomic E-state index is 0.0722. The lowest BCUT2D eigenvalue weighted by Crippen LogP contribution is -2.52. The van der Waals surface area contributed by atoms with Crippen LogP contribution in [0.5, 0.6) is 0 Å². The Bertz CT molecular complexity index is 376. The molecule has 2 rings (SSSR count). The molecule has 1 aliphatic rings. The van der Waals surface area contributed by atoms with E-state index >= 15 is 0 Å². The van der Waals surface area contributed by atoms with Crippen molar-refractivity contribution in [2.24, 2.45) is 5.41 Å². The van der Waals surface area contributed by atoms with Gasteiger partial charge in [0.05, 0.1) is 11.9 Å². The number of rotatable bonds is 3. The molecular formula is C10H15N3O2. The van der Waals surface area contributed by atoms with Gasteiger partial charge in [-0.2, -0.15) is 5.10 Å². The molecule has 0 aliphatic carbocycles. The molecule has 0 bridgehead atoms. The molecule has 1 saturated heterocycles. The van der Waals surface area contributed by atoms with Gasteiger partial charge in [-0.05, 0) is 5.41 Å². The molecule has 0 unspecified atom stereocenters. The summed E-state index contributed by atoms with van der Waals surface area (Å²) in [7, 11) is 0. The topological polar surface area (TPSA) is 58.4 Å².